The molecule has 0 heterocycles. The summed E-state index contributed by atoms with van der Waals surface area (Å²) in [5.41, 5.74) is 7.25. The lowest BCUT2D eigenvalue weighted by molar-refractivity contribution is 0.259. The Morgan fingerprint density at radius 3 is 1.24 bits per heavy atom. The van der Waals surface area contributed by atoms with Crippen molar-refractivity contribution in [2.45, 2.75) is 20.3 Å². The van der Waals surface area contributed by atoms with Crippen LogP contribution in [0.15, 0.2) is 93.7 Å². The molecule has 12 heteroatoms. The molecule has 4 aromatic carbocycles. The van der Waals surface area contributed by atoms with Gasteiger partial charge in [-0.2, -0.15) is 16.8 Å². The van der Waals surface area contributed by atoms with Gasteiger partial charge in [0.15, 0.2) is 0 Å². The van der Waals surface area contributed by atoms with Crippen molar-refractivity contribution in [1.29, 1.82) is 0 Å². The lowest BCUT2D eigenvalue weighted by atomic mass is 9.95. The molecule has 0 aromatic heterocycles. The number of hydrogen-bond donors (Lipinski definition) is 2. The van der Waals surface area contributed by atoms with E-state index in [1.807, 2.05) is 74.5 Å². The second-order valence-corrected chi connectivity index (χ2v) is 10.4. The fraction of sp³-hybridized carbons (Fsp3) is 0.103. The van der Waals surface area contributed by atoms with E-state index in [-0.39, 0.29) is 6.42 Å². The molecule has 0 bridgehead atoms. The number of rotatable bonds is 6. The van der Waals surface area contributed by atoms with Gasteiger partial charge in [-0.1, -0.05) is 92.6 Å². The highest BCUT2D eigenvalue weighted by Crippen LogP contribution is 2.32. The first-order valence-corrected chi connectivity index (χ1v) is 14.3. The van der Waals surface area contributed by atoms with Crippen molar-refractivity contribution in [3.63, 3.8) is 0 Å². The van der Waals surface area contributed by atoms with Crippen molar-refractivity contribution in [1.82, 2.24) is 0 Å². The minimum atomic E-state index is -2.94. The minimum Gasteiger partial charge on any atom is -0.305 e. The standard InChI is InChI=1S/C29H24N4O6S2/c1-18-3-7-20(8-4-18)22-11-13-24(26(16-22)30-28(34)32-40(36)37)15-25-14-12-23(21-9-5-19(2)6-10-21)17-27(25)31-29(35)33-41(38)39/h3-14,16-17H,15H2,1-2H3,(H,30,34)(H,31,35). The predicted molar refractivity (Wildman–Crippen MR) is 157 cm³/mol. The van der Waals surface area contributed by atoms with Gasteiger partial charge in [-0.25, -0.2) is 9.59 Å². The first kappa shape index (κ1) is 29.1. The highest BCUT2D eigenvalue weighted by Gasteiger charge is 2.14. The third kappa shape index (κ3) is 8.03. The molecular formula is C29H24N4O6S2. The summed E-state index contributed by atoms with van der Waals surface area (Å²) < 4.78 is 49.9. The molecule has 208 valence electrons. The molecule has 0 radical (unpaired) electrons. The highest BCUT2D eigenvalue weighted by atomic mass is 32.2. The van der Waals surface area contributed by atoms with E-state index >= 15 is 0 Å². The molecule has 0 unspecified atom stereocenters. The van der Waals surface area contributed by atoms with E-state index < -0.39 is 33.1 Å². The number of nitrogens with one attached hydrogen (secondary N) is 2. The van der Waals surface area contributed by atoms with E-state index in [2.05, 4.69) is 19.4 Å². The molecule has 10 nitrogen and oxygen atoms in total. The Morgan fingerprint density at radius 2 is 0.902 bits per heavy atom. The van der Waals surface area contributed by atoms with Crippen molar-refractivity contribution in [3.8, 4) is 22.3 Å². The van der Waals surface area contributed by atoms with Crippen molar-refractivity contribution in [2.75, 3.05) is 10.6 Å². The number of carbonyl (C=O) groups excluding carboxylic acids is 2. The zero-order valence-electron chi connectivity index (χ0n) is 22.0. The lowest BCUT2D eigenvalue weighted by Crippen LogP contribution is -2.11. The zero-order chi connectivity index (χ0) is 29.5. The van der Waals surface area contributed by atoms with Crippen LogP contribution in [0, 0.1) is 13.8 Å². The van der Waals surface area contributed by atoms with Crippen LogP contribution in [0.1, 0.15) is 22.3 Å². The molecule has 4 rings (SSSR count). The summed E-state index contributed by atoms with van der Waals surface area (Å²) in [7, 11) is -5.88. The normalized spacial score (nSPS) is 10.4. The van der Waals surface area contributed by atoms with Crippen LogP contribution in [0.4, 0.5) is 21.0 Å². The number of carbonyl (C=O) groups is 2. The van der Waals surface area contributed by atoms with Crippen LogP contribution in [0.3, 0.4) is 0 Å². The van der Waals surface area contributed by atoms with Crippen LogP contribution < -0.4 is 10.6 Å². The van der Waals surface area contributed by atoms with Crippen LogP contribution in [-0.2, 0) is 27.4 Å². The second-order valence-electron chi connectivity index (χ2n) is 9.13. The van der Waals surface area contributed by atoms with Gasteiger partial charge in [0.2, 0.25) is 0 Å². The third-order valence-electron chi connectivity index (χ3n) is 6.17. The van der Waals surface area contributed by atoms with Crippen molar-refractivity contribution < 1.29 is 26.4 Å². The van der Waals surface area contributed by atoms with Crippen LogP contribution in [0.2, 0.25) is 0 Å². The molecule has 2 N–H and O–H groups in total. The van der Waals surface area contributed by atoms with Crippen LogP contribution in [0.25, 0.3) is 22.3 Å². The maximum absolute atomic E-state index is 12.3. The quantitative estimate of drug-likeness (QED) is 0.265. The lowest BCUT2D eigenvalue weighted by Gasteiger charge is -2.16. The largest absolute Gasteiger partial charge is 0.360 e. The Kier molecular flexibility index (Phi) is 9.17. The van der Waals surface area contributed by atoms with Crippen LogP contribution in [-0.4, -0.2) is 28.9 Å². The van der Waals surface area contributed by atoms with E-state index in [4.69, 9.17) is 0 Å². The van der Waals surface area contributed by atoms with Gasteiger partial charge in [-0.15, -0.1) is 0 Å². The molecule has 4 amide bonds. The van der Waals surface area contributed by atoms with E-state index in [0.29, 0.717) is 22.5 Å². The molecule has 0 spiro atoms. The van der Waals surface area contributed by atoms with Gasteiger partial charge in [0.25, 0.3) is 0 Å². The summed E-state index contributed by atoms with van der Waals surface area (Å²) in [5.74, 6) is 0. The molecule has 0 aliphatic rings. The molecule has 0 fully saturated rings. The number of urea groups is 2. The summed E-state index contributed by atoms with van der Waals surface area (Å²) in [6.45, 7) is 3.93. The number of amides is 4. The van der Waals surface area contributed by atoms with E-state index in [9.17, 15) is 26.4 Å². The number of benzene rings is 4. The van der Waals surface area contributed by atoms with Gasteiger partial charge >= 0.3 is 33.1 Å². The van der Waals surface area contributed by atoms with E-state index in [1.54, 1.807) is 24.3 Å². The number of aryl methyl sites for hydroxylation is 2. The second kappa shape index (κ2) is 12.9. The molecule has 41 heavy (non-hydrogen) atoms. The molecule has 4 aromatic rings. The van der Waals surface area contributed by atoms with Gasteiger partial charge in [0.1, 0.15) is 0 Å². The van der Waals surface area contributed by atoms with Gasteiger partial charge in [0.05, 0.1) is 0 Å². The summed E-state index contributed by atoms with van der Waals surface area (Å²) >= 11 is 0. The average Bonchev–Trinajstić information content (AvgIpc) is 2.90. The fourth-order valence-electron chi connectivity index (χ4n) is 4.16. The fourth-order valence-corrected chi connectivity index (χ4v) is 4.52. The van der Waals surface area contributed by atoms with Crippen molar-refractivity contribution in [3.05, 3.63) is 107 Å². The van der Waals surface area contributed by atoms with Crippen LogP contribution >= 0.6 is 0 Å². The molecule has 0 saturated carbocycles. The summed E-state index contributed by atoms with van der Waals surface area (Å²) in [5, 5.41) is 5.05. The van der Waals surface area contributed by atoms with Gasteiger partial charge in [0, 0.05) is 17.8 Å². The predicted octanol–water partition coefficient (Wildman–Crippen LogP) is 6.42. The smallest absolute Gasteiger partial charge is 0.305 e. The van der Waals surface area contributed by atoms with E-state index in [1.165, 1.54) is 0 Å². The maximum atomic E-state index is 12.3. The van der Waals surface area contributed by atoms with Gasteiger partial charge in [-0.3, -0.25) is 0 Å². The highest BCUT2D eigenvalue weighted by molar-refractivity contribution is 7.62. The Balaban J connectivity index is 1.78. The maximum Gasteiger partial charge on any atom is 0.360 e. The Bertz CT molecular complexity index is 1760. The zero-order valence-corrected chi connectivity index (χ0v) is 23.6. The number of nitrogens with zero attached hydrogens (tertiary/aromatic N) is 2. The number of anilines is 2. The van der Waals surface area contributed by atoms with Crippen molar-refractivity contribution >= 4 is 44.4 Å². The Labute approximate surface area is 239 Å². The summed E-state index contributed by atoms with van der Waals surface area (Å²) in [6.07, 6.45) is 0.175. The van der Waals surface area contributed by atoms with Crippen LogP contribution in [0.5, 0.6) is 0 Å². The summed E-state index contributed by atoms with van der Waals surface area (Å²) in [4.78, 5) is 24.5. The van der Waals surface area contributed by atoms with Crippen molar-refractivity contribution in [2.24, 2.45) is 8.73 Å². The molecule has 0 saturated heterocycles. The molecule has 0 aliphatic carbocycles. The monoisotopic (exact) mass is 588 g/mol. The SMILES string of the molecule is Cc1ccc(-c2ccc(Cc3ccc(-c4ccc(C)cc4)cc3NC(=O)N=S(=O)=O)c(NC(=O)N=S(=O)=O)c2)cc1. The molecule has 0 atom stereocenters. The Hall–Kier alpha value is -4.94. The minimum absolute atomic E-state index is 0.175. The molecule has 0 aliphatic heterocycles. The summed E-state index contributed by atoms with van der Waals surface area (Å²) in [6, 6.07) is 24.0. The third-order valence-corrected chi connectivity index (χ3v) is 6.80. The van der Waals surface area contributed by atoms with E-state index in [0.717, 1.165) is 33.4 Å². The number of hydrogen-bond acceptors (Lipinski definition) is 6. The Morgan fingerprint density at radius 1 is 0.561 bits per heavy atom. The topological polar surface area (TPSA) is 151 Å². The first-order chi connectivity index (χ1) is 19.6. The van der Waals surface area contributed by atoms with Gasteiger partial charge in [-0.05, 0) is 59.4 Å². The first-order valence-electron chi connectivity index (χ1n) is 12.2. The van der Waals surface area contributed by atoms with Gasteiger partial charge < -0.3 is 10.6 Å². The average molecular weight is 589 g/mol. The molecular weight excluding hydrogens is 564 g/mol.